The predicted octanol–water partition coefficient (Wildman–Crippen LogP) is 2.15. The molecule has 0 aromatic carbocycles. The van der Waals surface area contributed by atoms with Crippen LogP contribution in [0.5, 0.6) is 0 Å². The third-order valence-electron chi connectivity index (χ3n) is 4.42. The number of alkyl halides is 3. The summed E-state index contributed by atoms with van der Waals surface area (Å²) in [5, 5.41) is 12.4. The number of aromatic nitrogens is 4. The second kappa shape index (κ2) is 6.11. The minimum absolute atomic E-state index is 0.336. The first-order chi connectivity index (χ1) is 12.4. The van der Waals surface area contributed by atoms with E-state index in [-0.39, 0.29) is 6.04 Å². The lowest BCUT2D eigenvalue weighted by atomic mass is 10.1. The molecule has 0 spiro atoms. The third kappa shape index (κ3) is 3.14. The Labute approximate surface area is 145 Å². The van der Waals surface area contributed by atoms with Crippen molar-refractivity contribution in [1.82, 2.24) is 25.5 Å². The van der Waals surface area contributed by atoms with E-state index in [9.17, 15) is 18.0 Å². The van der Waals surface area contributed by atoms with Crippen molar-refractivity contribution in [2.75, 3.05) is 18.0 Å². The predicted molar refractivity (Wildman–Crippen MR) is 88.6 cm³/mol. The first-order valence-corrected chi connectivity index (χ1v) is 8.09. The number of aromatic amines is 1. The molecule has 3 aromatic rings. The molecular formula is C16H15F3N6O. The molecule has 0 bridgehead atoms. The molecule has 1 aliphatic heterocycles. The quantitative estimate of drug-likeness (QED) is 0.744. The number of nitrogens with one attached hydrogen (secondary N) is 2. The summed E-state index contributed by atoms with van der Waals surface area (Å²) in [6, 6.07) is 1.56. The molecule has 1 amide bonds. The molecule has 0 radical (unpaired) electrons. The molecule has 1 unspecified atom stereocenters. The molecule has 2 N–H and O–H groups in total. The van der Waals surface area contributed by atoms with Crippen molar-refractivity contribution in [1.29, 1.82) is 0 Å². The van der Waals surface area contributed by atoms with Gasteiger partial charge in [-0.2, -0.15) is 18.3 Å². The SMILES string of the molecule is O=C(CC(F)(F)F)NC1CCN(c2cnnc3cnc4[nH]ccc4c23)C1. The van der Waals surface area contributed by atoms with Crippen LogP contribution in [0.3, 0.4) is 0 Å². The van der Waals surface area contributed by atoms with Crippen LogP contribution in [0.2, 0.25) is 0 Å². The van der Waals surface area contributed by atoms with E-state index in [0.29, 0.717) is 25.0 Å². The number of nitrogens with zero attached hydrogens (tertiary/aromatic N) is 4. The molecule has 136 valence electrons. The Balaban J connectivity index is 1.58. The van der Waals surface area contributed by atoms with Gasteiger partial charge in [0.1, 0.15) is 17.6 Å². The molecule has 26 heavy (non-hydrogen) atoms. The van der Waals surface area contributed by atoms with Crippen molar-refractivity contribution < 1.29 is 18.0 Å². The van der Waals surface area contributed by atoms with E-state index in [1.165, 1.54) is 0 Å². The zero-order valence-electron chi connectivity index (χ0n) is 13.5. The van der Waals surface area contributed by atoms with Gasteiger partial charge in [0.05, 0.1) is 18.1 Å². The summed E-state index contributed by atoms with van der Waals surface area (Å²) >= 11 is 0. The molecule has 0 saturated carbocycles. The number of amides is 1. The lowest BCUT2D eigenvalue weighted by Crippen LogP contribution is -2.39. The molecule has 1 saturated heterocycles. The van der Waals surface area contributed by atoms with Crippen LogP contribution in [0.1, 0.15) is 12.8 Å². The highest BCUT2D eigenvalue weighted by Gasteiger charge is 2.33. The summed E-state index contributed by atoms with van der Waals surface area (Å²) in [5.41, 5.74) is 2.19. The molecule has 1 atom stereocenters. The Morgan fingerprint density at radius 2 is 2.23 bits per heavy atom. The Hall–Kier alpha value is -2.91. The van der Waals surface area contributed by atoms with E-state index in [2.05, 4.69) is 25.5 Å². The normalized spacial score (nSPS) is 18.0. The Bertz CT molecular complexity index is 969. The fourth-order valence-corrected chi connectivity index (χ4v) is 3.35. The van der Waals surface area contributed by atoms with Crippen LogP contribution < -0.4 is 10.2 Å². The molecule has 4 heterocycles. The Morgan fingerprint density at radius 3 is 3.04 bits per heavy atom. The summed E-state index contributed by atoms with van der Waals surface area (Å²) in [4.78, 5) is 20.9. The van der Waals surface area contributed by atoms with E-state index in [1.54, 1.807) is 18.6 Å². The van der Waals surface area contributed by atoms with Gasteiger partial charge in [-0.15, -0.1) is 5.10 Å². The highest BCUT2D eigenvalue weighted by atomic mass is 19.4. The van der Waals surface area contributed by atoms with Crippen molar-refractivity contribution in [3.8, 4) is 0 Å². The average molecular weight is 364 g/mol. The molecule has 10 heteroatoms. The van der Waals surface area contributed by atoms with E-state index in [1.807, 2.05) is 11.0 Å². The van der Waals surface area contributed by atoms with Gasteiger partial charge >= 0.3 is 6.18 Å². The van der Waals surface area contributed by atoms with Gasteiger partial charge in [0.25, 0.3) is 0 Å². The van der Waals surface area contributed by atoms with Gasteiger partial charge in [-0.05, 0) is 12.5 Å². The fraction of sp³-hybridized carbons (Fsp3) is 0.375. The molecule has 1 aliphatic rings. The number of hydrogen-bond donors (Lipinski definition) is 2. The van der Waals surface area contributed by atoms with Crippen LogP contribution in [0.4, 0.5) is 18.9 Å². The lowest BCUT2D eigenvalue weighted by molar-refractivity contribution is -0.154. The van der Waals surface area contributed by atoms with Crippen LogP contribution in [-0.4, -0.2) is 51.4 Å². The van der Waals surface area contributed by atoms with Crippen molar-refractivity contribution >= 4 is 33.5 Å². The van der Waals surface area contributed by atoms with Crippen molar-refractivity contribution in [2.45, 2.75) is 25.1 Å². The number of carbonyl (C=O) groups excluding carboxylic acids is 1. The summed E-state index contributed by atoms with van der Waals surface area (Å²) in [6.07, 6.45) is -0.350. The number of carbonyl (C=O) groups is 1. The minimum atomic E-state index is -4.50. The number of rotatable bonds is 3. The molecule has 4 rings (SSSR count). The second-order valence-corrected chi connectivity index (χ2v) is 6.28. The Kier molecular flexibility index (Phi) is 3.89. The first kappa shape index (κ1) is 16.6. The molecule has 1 fully saturated rings. The van der Waals surface area contributed by atoms with Crippen LogP contribution in [0, 0.1) is 0 Å². The zero-order valence-corrected chi connectivity index (χ0v) is 13.5. The van der Waals surface area contributed by atoms with Gasteiger partial charge in [0, 0.05) is 36.1 Å². The lowest BCUT2D eigenvalue weighted by Gasteiger charge is -2.20. The number of halogens is 3. The topological polar surface area (TPSA) is 86.8 Å². The highest BCUT2D eigenvalue weighted by Crippen LogP contribution is 2.32. The van der Waals surface area contributed by atoms with Crippen molar-refractivity contribution in [3.63, 3.8) is 0 Å². The standard InChI is InChI=1S/C16H15F3N6O/c17-16(18,19)5-13(26)23-9-2-4-25(8-9)12-7-22-24-11-6-21-15-10(14(11)12)1-3-20-15/h1,3,6-7,9H,2,4-5,8H2,(H,20,21)(H,23,26). The zero-order chi connectivity index (χ0) is 18.3. The number of H-pyrrole nitrogens is 1. The van der Waals surface area contributed by atoms with E-state index < -0.39 is 18.5 Å². The number of hydrogen-bond acceptors (Lipinski definition) is 5. The summed E-state index contributed by atoms with van der Waals surface area (Å²) in [5.74, 6) is -1.00. The van der Waals surface area contributed by atoms with Gasteiger partial charge in [-0.25, -0.2) is 4.98 Å². The Morgan fingerprint density at radius 1 is 1.38 bits per heavy atom. The maximum atomic E-state index is 12.3. The first-order valence-electron chi connectivity index (χ1n) is 8.09. The van der Waals surface area contributed by atoms with Gasteiger partial charge < -0.3 is 15.2 Å². The molecule has 7 nitrogen and oxygen atoms in total. The number of pyridine rings is 1. The summed E-state index contributed by atoms with van der Waals surface area (Å²) in [7, 11) is 0. The minimum Gasteiger partial charge on any atom is -0.368 e. The van der Waals surface area contributed by atoms with E-state index >= 15 is 0 Å². The summed E-state index contributed by atoms with van der Waals surface area (Å²) in [6.45, 7) is 1.02. The van der Waals surface area contributed by atoms with Crippen molar-refractivity contribution in [3.05, 3.63) is 24.7 Å². The average Bonchev–Trinajstić information content (AvgIpc) is 3.21. The van der Waals surface area contributed by atoms with E-state index in [0.717, 1.165) is 22.1 Å². The van der Waals surface area contributed by atoms with Gasteiger partial charge in [0.2, 0.25) is 5.91 Å². The largest absolute Gasteiger partial charge is 0.397 e. The smallest absolute Gasteiger partial charge is 0.368 e. The van der Waals surface area contributed by atoms with Crippen LogP contribution in [0.15, 0.2) is 24.7 Å². The molecular weight excluding hydrogens is 349 g/mol. The second-order valence-electron chi connectivity index (χ2n) is 6.28. The van der Waals surface area contributed by atoms with Gasteiger partial charge in [-0.1, -0.05) is 0 Å². The maximum Gasteiger partial charge on any atom is 0.397 e. The third-order valence-corrected chi connectivity index (χ3v) is 4.42. The number of fused-ring (bicyclic) bond motifs is 3. The van der Waals surface area contributed by atoms with Gasteiger partial charge in [-0.3, -0.25) is 4.79 Å². The van der Waals surface area contributed by atoms with Crippen LogP contribution in [0.25, 0.3) is 21.9 Å². The maximum absolute atomic E-state index is 12.3. The molecule has 0 aliphatic carbocycles. The van der Waals surface area contributed by atoms with Crippen molar-refractivity contribution in [2.24, 2.45) is 0 Å². The molecule has 3 aromatic heterocycles. The van der Waals surface area contributed by atoms with Gasteiger partial charge in [0.15, 0.2) is 0 Å². The monoisotopic (exact) mass is 364 g/mol. The van der Waals surface area contributed by atoms with Crippen LogP contribution in [-0.2, 0) is 4.79 Å². The summed E-state index contributed by atoms with van der Waals surface area (Å²) < 4.78 is 37.0. The van der Waals surface area contributed by atoms with E-state index in [4.69, 9.17) is 0 Å². The highest BCUT2D eigenvalue weighted by molar-refractivity contribution is 6.09. The fourth-order valence-electron chi connectivity index (χ4n) is 3.35. The van der Waals surface area contributed by atoms with Crippen LogP contribution >= 0.6 is 0 Å². The number of anilines is 1.